The lowest BCUT2D eigenvalue weighted by atomic mass is 10.0. The Morgan fingerprint density at radius 1 is 1.24 bits per heavy atom. The number of aryl methyl sites for hydroxylation is 1. The zero-order chi connectivity index (χ0) is 15.0. The maximum Gasteiger partial charge on any atom is 0.202 e. The van der Waals surface area contributed by atoms with E-state index in [9.17, 15) is 9.18 Å². The number of furan rings is 1. The highest BCUT2D eigenvalue weighted by molar-refractivity contribution is 6.31. The summed E-state index contributed by atoms with van der Waals surface area (Å²) in [7, 11) is 0. The summed E-state index contributed by atoms with van der Waals surface area (Å²) >= 11 is 6.06. The van der Waals surface area contributed by atoms with Crippen LogP contribution in [-0.4, -0.2) is 5.78 Å². The van der Waals surface area contributed by atoms with Gasteiger partial charge in [-0.2, -0.15) is 0 Å². The highest BCUT2D eigenvalue weighted by atomic mass is 35.5. The largest absolute Gasteiger partial charge is 0.453 e. The van der Waals surface area contributed by atoms with Gasteiger partial charge < -0.3 is 4.42 Å². The number of halogens is 2. The molecular weight excluding hydrogens is 291 g/mol. The van der Waals surface area contributed by atoms with Crippen LogP contribution in [0, 0.1) is 12.7 Å². The maximum atomic E-state index is 13.3. The quantitative estimate of drug-likeness (QED) is 0.640. The first-order chi connectivity index (χ1) is 10.1. The molecule has 0 bridgehead atoms. The predicted octanol–water partition coefficient (Wildman–Crippen LogP) is 4.96. The molecule has 2 nitrogen and oxygen atoms in total. The van der Waals surface area contributed by atoms with Crippen LogP contribution in [0.4, 0.5) is 4.39 Å². The average molecular weight is 303 g/mol. The van der Waals surface area contributed by atoms with Crippen molar-refractivity contribution in [3.8, 4) is 0 Å². The molecule has 21 heavy (non-hydrogen) atoms. The summed E-state index contributed by atoms with van der Waals surface area (Å²) in [6, 6.07) is 11.4. The number of carbonyl (C=O) groups excluding carboxylic acids is 1. The van der Waals surface area contributed by atoms with Gasteiger partial charge in [-0.15, -0.1) is 0 Å². The molecule has 2 aromatic carbocycles. The Kier molecular flexibility index (Phi) is 3.52. The molecule has 0 fully saturated rings. The summed E-state index contributed by atoms with van der Waals surface area (Å²) in [5.74, 6) is -0.260. The SMILES string of the molecule is Cc1c(C(=O)Cc2ccccc2Cl)oc2ccc(F)cc12. The third-order valence-electron chi connectivity index (χ3n) is 3.46. The number of ketones is 1. The predicted molar refractivity (Wildman–Crippen MR) is 80.4 cm³/mol. The lowest BCUT2D eigenvalue weighted by Gasteiger charge is -2.02. The fourth-order valence-electron chi connectivity index (χ4n) is 2.35. The van der Waals surface area contributed by atoms with Gasteiger partial charge in [-0.05, 0) is 36.8 Å². The van der Waals surface area contributed by atoms with E-state index in [-0.39, 0.29) is 23.8 Å². The summed E-state index contributed by atoms with van der Waals surface area (Å²) in [5, 5.41) is 1.17. The molecule has 1 aromatic heterocycles. The minimum absolute atomic E-state index is 0.156. The highest BCUT2D eigenvalue weighted by Gasteiger charge is 2.19. The first-order valence-electron chi connectivity index (χ1n) is 6.51. The Balaban J connectivity index is 1.99. The van der Waals surface area contributed by atoms with E-state index in [2.05, 4.69) is 0 Å². The zero-order valence-corrected chi connectivity index (χ0v) is 12.1. The van der Waals surface area contributed by atoms with E-state index in [1.54, 1.807) is 19.1 Å². The highest BCUT2D eigenvalue weighted by Crippen LogP contribution is 2.27. The van der Waals surface area contributed by atoms with Gasteiger partial charge in [0.05, 0.1) is 0 Å². The van der Waals surface area contributed by atoms with E-state index < -0.39 is 0 Å². The fourth-order valence-corrected chi connectivity index (χ4v) is 2.56. The summed E-state index contributed by atoms with van der Waals surface area (Å²) < 4.78 is 18.9. The molecular formula is C17H12ClFO2. The van der Waals surface area contributed by atoms with Gasteiger partial charge >= 0.3 is 0 Å². The van der Waals surface area contributed by atoms with Crippen LogP contribution in [0.1, 0.15) is 21.7 Å². The second-order valence-corrected chi connectivity index (χ2v) is 5.30. The van der Waals surface area contributed by atoms with Crippen molar-refractivity contribution in [1.29, 1.82) is 0 Å². The molecule has 0 aliphatic rings. The monoisotopic (exact) mass is 302 g/mol. The molecule has 0 N–H and O–H groups in total. The van der Waals surface area contributed by atoms with Crippen LogP contribution >= 0.6 is 11.6 Å². The van der Waals surface area contributed by atoms with Gasteiger partial charge in [0.1, 0.15) is 11.4 Å². The standard InChI is InChI=1S/C17H12ClFO2/c1-10-13-9-12(19)6-7-16(13)21-17(10)15(20)8-11-4-2-3-5-14(11)18/h2-7,9H,8H2,1H3. The van der Waals surface area contributed by atoms with Crippen LogP contribution in [0.5, 0.6) is 0 Å². The van der Waals surface area contributed by atoms with Gasteiger partial charge in [-0.1, -0.05) is 29.8 Å². The van der Waals surface area contributed by atoms with E-state index in [1.807, 2.05) is 12.1 Å². The normalized spacial score (nSPS) is 11.0. The molecule has 0 unspecified atom stereocenters. The van der Waals surface area contributed by atoms with E-state index in [0.717, 1.165) is 5.56 Å². The summed E-state index contributed by atoms with van der Waals surface area (Å²) in [6.45, 7) is 1.76. The number of Topliss-reactive ketones (excluding diaryl/α,β-unsaturated/α-hetero) is 1. The number of hydrogen-bond donors (Lipinski definition) is 0. The Bertz CT molecular complexity index is 836. The maximum absolute atomic E-state index is 13.3. The third kappa shape index (κ3) is 2.57. The van der Waals surface area contributed by atoms with Gasteiger partial charge in [0, 0.05) is 22.4 Å². The van der Waals surface area contributed by atoms with Crippen molar-refractivity contribution >= 4 is 28.4 Å². The van der Waals surface area contributed by atoms with Gasteiger partial charge in [-0.3, -0.25) is 4.79 Å². The number of benzene rings is 2. The van der Waals surface area contributed by atoms with E-state index in [4.69, 9.17) is 16.0 Å². The van der Waals surface area contributed by atoms with Crippen LogP contribution in [0.25, 0.3) is 11.0 Å². The minimum Gasteiger partial charge on any atom is -0.453 e. The fraction of sp³-hybridized carbons (Fsp3) is 0.118. The average Bonchev–Trinajstić information content (AvgIpc) is 2.79. The van der Waals surface area contributed by atoms with Crippen molar-refractivity contribution in [2.24, 2.45) is 0 Å². The first kappa shape index (κ1) is 13.8. The van der Waals surface area contributed by atoms with Crippen LogP contribution in [0.2, 0.25) is 5.02 Å². The van der Waals surface area contributed by atoms with Crippen molar-refractivity contribution in [3.05, 3.63) is 70.2 Å². The van der Waals surface area contributed by atoms with E-state index in [1.165, 1.54) is 18.2 Å². The Morgan fingerprint density at radius 2 is 2.00 bits per heavy atom. The molecule has 0 amide bonds. The Labute approximate surface area is 126 Å². The van der Waals surface area contributed by atoms with Gasteiger partial charge in [0.2, 0.25) is 5.78 Å². The topological polar surface area (TPSA) is 30.2 Å². The number of rotatable bonds is 3. The Morgan fingerprint density at radius 3 is 2.76 bits per heavy atom. The van der Waals surface area contributed by atoms with Crippen molar-refractivity contribution in [2.75, 3.05) is 0 Å². The molecule has 0 saturated carbocycles. The van der Waals surface area contributed by atoms with E-state index >= 15 is 0 Å². The lowest BCUT2D eigenvalue weighted by molar-refractivity contribution is 0.0967. The van der Waals surface area contributed by atoms with Gasteiger partial charge in [-0.25, -0.2) is 4.39 Å². The number of fused-ring (bicyclic) bond motifs is 1. The summed E-state index contributed by atoms with van der Waals surface area (Å²) in [4.78, 5) is 12.4. The molecule has 3 rings (SSSR count). The molecule has 0 saturated heterocycles. The summed E-state index contributed by atoms with van der Waals surface area (Å²) in [5.41, 5.74) is 1.91. The van der Waals surface area contributed by atoms with Crippen LogP contribution < -0.4 is 0 Å². The number of carbonyl (C=O) groups is 1. The second kappa shape index (κ2) is 5.34. The molecule has 4 heteroatoms. The van der Waals surface area contributed by atoms with Gasteiger partial charge in [0.15, 0.2) is 5.76 Å². The van der Waals surface area contributed by atoms with Crippen molar-refractivity contribution in [2.45, 2.75) is 13.3 Å². The Hall–Kier alpha value is -2.13. The van der Waals surface area contributed by atoms with Crippen molar-refractivity contribution < 1.29 is 13.6 Å². The van der Waals surface area contributed by atoms with Crippen LogP contribution in [0.3, 0.4) is 0 Å². The smallest absolute Gasteiger partial charge is 0.202 e. The molecule has 3 aromatic rings. The van der Waals surface area contributed by atoms with Crippen molar-refractivity contribution in [3.63, 3.8) is 0 Å². The molecule has 106 valence electrons. The van der Waals surface area contributed by atoms with Crippen molar-refractivity contribution in [1.82, 2.24) is 0 Å². The molecule has 0 atom stereocenters. The third-order valence-corrected chi connectivity index (χ3v) is 3.83. The molecule has 1 heterocycles. The molecule has 0 aliphatic heterocycles. The van der Waals surface area contributed by atoms with E-state index in [0.29, 0.717) is 21.6 Å². The summed E-state index contributed by atoms with van der Waals surface area (Å²) in [6.07, 6.45) is 0.156. The van der Waals surface area contributed by atoms with Crippen LogP contribution in [-0.2, 0) is 6.42 Å². The minimum atomic E-state index is -0.350. The zero-order valence-electron chi connectivity index (χ0n) is 11.3. The van der Waals surface area contributed by atoms with Crippen LogP contribution in [0.15, 0.2) is 46.9 Å². The second-order valence-electron chi connectivity index (χ2n) is 4.89. The van der Waals surface area contributed by atoms with Gasteiger partial charge in [0.25, 0.3) is 0 Å². The number of hydrogen-bond acceptors (Lipinski definition) is 2. The lowest BCUT2D eigenvalue weighted by Crippen LogP contribution is -2.04. The molecule has 0 aliphatic carbocycles. The molecule has 0 spiro atoms. The molecule has 0 radical (unpaired) electrons. The first-order valence-corrected chi connectivity index (χ1v) is 6.89.